The first-order valence-corrected chi connectivity index (χ1v) is 17.1. The summed E-state index contributed by atoms with van der Waals surface area (Å²) in [6.45, 7) is 3.00. The monoisotopic (exact) mass is 646 g/mol. The lowest BCUT2D eigenvalue weighted by atomic mass is 9.89. The molecule has 0 atom stereocenters. The Labute approximate surface area is 277 Å². The summed E-state index contributed by atoms with van der Waals surface area (Å²) in [5.41, 5.74) is 8.78. The molecular weight excluding hydrogens is 610 g/mol. The minimum absolute atomic E-state index is 0.425. The van der Waals surface area contributed by atoms with Crippen LogP contribution in [0.25, 0.3) is 45.1 Å². The standard InChI is InChI=1S/C38H36B2F4N4/c1-7-9-33-26-14-12-22(4)16-29(26)37-20-38-32-17-27-24(6)46-36(30(27)18-31(32)34(10-8-2)48(38)40(43,44)47(33)37)19-35-28-15-21(3)11-13-25(28)23(5)45(35)39(46,41)42/h11-20H,7-10H2,1-6H3. The summed E-state index contributed by atoms with van der Waals surface area (Å²) in [5, 5.41) is 3.29. The Kier molecular flexibility index (Phi) is 5.86. The van der Waals surface area contributed by atoms with Gasteiger partial charge in [-0.15, -0.1) is 0 Å². The highest BCUT2D eigenvalue weighted by molar-refractivity contribution is 6.60. The van der Waals surface area contributed by atoms with Crippen molar-refractivity contribution in [2.75, 3.05) is 0 Å². The molecule has 0 saturated carbocycles. The first-order chi connectivity index (χ1) is 22.9. The zero-order chi connectivity index (χ0) is 33.6. The summed E-state index contributed by atoms with van der Waals surface area (Å²) in [7, 11) is 0. The fourth-order valence-corrected chi connectivity index (χ4v) is 9.13. The summed E-state index contributed by atoms with van der Waals surface area (Å²) >= 11 is 0. The molecule has 242 valence electrons. The molecule has 0 saturated heterocycles. The van der Waals surface area contributed by atoms with Crippen molar-refractivity contribution in [3.63, 3.8) is 0 Å². The summed E-state index contributed by atoms with van der Waals surface area (Å²) in [4.78, 5) is 0. The molecule has 0 unspecified atom stereocenters. The minimum atomic E-state index is -4.24. The van der Waals surface area contributed by atoms with E-state index in [2.05, 4.69) is 0 Å². The van der Waals surface area contributed by atoms with E-state index >= 15 is 17.3 Å². The molecule has 10 heteroatoms. The Morgan fingerprint density at radius 2 is 1.12 bits per heavy atom. The van der Waals surface area contributed by atoms with E-state index in [1.165, 1.54) is 17.9 Å². The van der Waals surface area contributed by atoms with Crippen molar-refractivity contribution in [1.29, 1.82) is 0 Å². The van der Waals surface area contributed by atoms with E-state index in [0.29, 0.717) is 87.1 Å². The topological polar surface area (TPSA) is 15.9 Å². The highest BCUT2D eigenvalue weighted by atomic mass is 19.3. The van der Waals surface area contributed by atoms with Gasteiger partial charge in [0, 0.05) is 47.7 Å². The highest BCUT2D eigenvalue weighted by Crippen LogP contribution is 2.48. The Hall–Kier alpha value is -4.59. The average molecular weight is 646 g/mol. The van der Waals surface area contributed by atoms with Crippen molar-refractivity contribution >= 4 is 70.5 Å². The molecule has 4 aliphatic rings. The van der Waals surface area contributed by atoms with Crippen LogP contribution < -0.4 is 0 Å². The lowest BCUT2D eigenvalue weighted by Gasteiger charge is -2.31. The molecule has 0 spiro atoms. The van der Waals surface area contributed by atoms with E-state index < -0.39 is 13.9 Å². The normalized spacial score (nSPS) is 18.1. The van der Waals surface area contributed by atoms with Crippen LogP contribution in [-0.2, 0) is 6.42 Å². The Bertz CT molecular complexity index is 2470. The Morgan fingerprint density at radius 1 is 0.583 bits per heavy atom. The molecule has 5 aromatic rings. The van der Waals surface area contributed by atoms with Gasteiger partial charge in [0.05, 0.1) is 22.3 Å². The van der Waals surface area contributed by atoms with E-state index in [1.807, 2.05) is 88.4 Å². The number of hydrogen-bond donors (Lipinski definition) is 0. The quantitative estimate of drug-likeness (QED) is 0.137. The van der Waals surface area contributed by atoms with Crippen LogP contribution in [0, 0.1) is 20.8 Å². The molecule has 48 heavy (non-hydrogen) atoms. The molecule has 0 bridgehead atoms. The molecule has 6 heterocycles. The number of aryl methyl sites for hydroxylation is 4. The van der Waals surface area contributed by atoms with Crippen LogP contribution in [0.2, 0.25) is 0 Å². The third-order valence-corrected chi connectivity index (χ3v) is 11.1. The van der Waals surface area contributed by atoms with Crippen molar-refractivity contribution < 1.29 is 26.2 Å². The Balaban J connectivity index is 1.33. The number of fused-ring (bicyclic) bond motifs is 12. The van der Waals surface area contributed by atoms with E-state index in [4.69, 9.17) is 0 Å². The van der Waals surface area contributed by atoms with E-state index in [0.717, 1.165) is 39.1 Å². The molecule has 3 aromatic carbocycles. The first kappa shape index (κ1) is 29.5. The molecule has 0 aliphatic carbocycles. The summed E-state index contributed by atoms with van der Waals surface area (Å²) in [5.74, 6) is 0. The van der Waals surface area contributed by atoms with Gasteiger partial charge in [-0.1, -0.05) is 55.7 Å². The van der Waals surface area contributed by atoms with Gasteiger partial charge < -0.3 is 35.2 Å². The molecule has 0 N–H and O–H groups in total. The summed E-state index contributed by atoms with van der Waals surface area (Å²) in [6, 6.07) is 15.6. The number of hydrogen-bond acceptors (Lipinski definition) is 0. The van der Waals surface area contributed by atoms with Gasteiger partial charge in [0.2, 0.25) is 0 Å². The number of halogens is 4. The van der Waals surface area contributed by atoms with Crippen LogP contribution in [0.1, 0.15) is 96.2 Å². The van der Waals surface area contributed by atoms with E-state index in [1.54, 1.807) is 13.8 Å². The maximum absolute atomic E-state index is 17.3. The van der Waals surface area contributed by atoms with Crippen LogP contribution >= 0.6 is 0 Å². The van der Waals surface area contributed by atoms with Crippen molar-refractivity contribution in [2.24, 2.45) is 0 Å². The number of nitrogens with zero attached hydrogens (tertiary/aromatic N) is 4. The SMILES string of the molecule is CCCC1=[N+]2C(=Cc3c4cc(C)ccc4c(CCC)n3[B-]2(F)F)c2cc3c(cc21)C1=Cc2c4cc(C)ccc4c(C)n2[B-](F)(F)[N+]1=C3C. The van der Waals surface area contributed by atoms with Gasteiger partial charge in [0.25, 0.3) is 0 Å². The van der Waals surface area contributed by atoms with Gasteiger partial charge in [-0.3, -0.25) is 0 Å². The Morgan fingerprint density at radius 3 is 1.79 bits per heavy atom. The van der Waals surface area contributed by atoms with Gasteiger partial charge in [-0.25, -0.2) is 0 Å². The highest BCUT2D eigenvalue weighted by Gasteiger charge is 2.58. The van der Waals surface area contributed by atoms with Crippen LogP contribution in [0.3, 0.4) is 0 Å². The second-order valence-corrected chi connectivity index (χ2v) is 14.1. The molecule has 2 aromatic heterocycles. The average Bonchev–Trinajstić information content (AvgIpc) is 3.70. The van der Waals surface area contributed by atoms with Gasteiger partial charge in [0.1, 0.15) is 11.4 Å². The van der Waals surface area contributed by atoms with Crippen LogP contribution in [-0.4, -0.2) is 43.3 Å². The maximum Gasteiger partial charge on any atom is 0.737 e. The number of benzene rings is 3. The molecule has 0 amide bonds. The van der Waals surface area contributed by atoms with Crippen molar-refractivity contribution in [2.45, 2.75) is 67.2 Å². The van der Waals surface area contributed by atoms with Crippen molar-refractivity contribution in [3.8, 4) is 0 Å². The number of aromatic nitrogens is 2. The van der Waals surface area contributed by atoms with E-state index in [-0.39, 0.29) is 0 Å². The minimum Gasteiger partial charge on any atom is -0.393 e. The molecule has 4 nitrogen and oxygen atoms in total. The van der Waals surface area contributed by atoms with Gasteiger partial charge in [-0.05, 0) is 80.0 Å². The molecule has 9 rings (SSSR count). The third kappa shape index (κ3) is 3.48. The predicted molar refractivity (Wildman–Crippen MR) is 190 cm³/mol. The van der Waals surface area contributed by atoms with E-state index in [9.17, 15) is 0 Å². The lowest BCUT2D eigenvalue weighted by molar-refractivity contribution is -0.319. The van der Waals surface area contributed by atoms with Crippen molar-refractivity contribution in [1.82, 2.24) is 8.96 Å². The second kappa shape index (κ2) is 9.52. The summed E-state index contributed by atoms with van der Waals surface area (Å²) < 4.78 is 73.1. The van der Waals surface area contributed by atoms with Gasteiger partial charge >= 0.3 is 13.9 Å². The second-order valence-electron chi connectivity index (χ2n) is 14.1. The zero-order valence-corrected chi connectivity index (χ0v) is 28.1. The molecule has 4 aliphatic heterocycles. The summed E-state index contributed by atoms with van der Waals surface area (Å²) in [6.07, 6.45) is 6.18. The van der Waals surface area contributed by atoms with Crippen molar-refractivity contribution in [3.05, 3.63) is 105 Å². The number of rotatable bonds is 4. The fraction of sp³-hybridized carbons (Fsp3) is 0.263. The molecular formula is C38H36B2F4N4. The predicted octanol–water partition coefficient (Wildman–Crippen LogP) is 9.39. The first-order valence-electron chi connectivity index (χ1n) is 17.1. The molecule has 0 fully saturated rings. The van der Waals surface area contributed by atoms with Crippen LogP contribution in [0.4, 0.5) is 17.3 Å². The van der Waals surface area contributed by atoms with Gasteiger partial charge in [-0.2, -0.15) is 0 Å². The largest absolute Gasteiger partial charge is 0.737 e. The third-order valence-electron chi connectivity index (χ3n) is 11.1. The molecule has 0 radical (unpaired) electrons. The van der Waals surface area contributed by atoms with Crippen LogP contribution in [0.15, 0.2) is 48.5 Å². The van der Waals surface area contributed by atoms with Crippen LogP contribution in [0.5, 0.6) is 0 Å². The van der Waals surface area contributed by atoms with Gasteiger partial charge in [0.15, 0.2) is 11.4 Å². The smallest absolute Gasteiger partial charge is 0.393 e. The fourth-order valence-electron chi connectivity index (χ4n) is 9.13. The maximum atomic E-state index is 17.3. The lowest BCUT2D eigenvalue weighted by Crippen LogP contribution is -2.50. The zero-order valence-electron chi connectivity index (χ0n) is 28.1.